The Balaban J connectivity index is 1.66. The maximum Gasteiger partial charge on any atom is 0.255 e. The first-order valence-corrected chi connectivity index (χ1v) is 10.5. The molecule has 2 N–H and O–H groups in total. The van der Waals surface area contributed by atoms with Crippen LogP contribution in [0.2, 0.25) is 0 Å². The molecule has 0 saturated carbocycles. The SMILES string of the molecule is CC1=C(C(=O)Nc2ccc(C)cc2C)C(c2cccc(F)c2)Nc2nc3ccccc3n21. The number of hydrogen-bond acceptors (Lipinski definition) is 3. The van der Waals surface area contributed by atoms with Crippen LogP contribution >= 0.6 is 0 Å². The highest BCUT2D eigenvalue weighted by molar-refractivity contribution is 6.10. The first-order chi connectivity index (χ1) is 15.4. The van der Waals surface area contributed by atoms with Crippen LogP contribution in [-0.4, -0.2) is 15.5 Å². The Morgan fingerprint density at radius 3 is 2.62 bits per heavy atom. The van der Waals surface area contributed by atoms with Crippen molar-refractivity contribution < 1.29 is 9.18 Å². The lowest BCUT2D eigenvalue weighted by Crippen LogP contribution is -2.30. The van der Waals surface area contributed by atoms with E-state index in [1.165, 1.54) is 12.1 Å². The van der Waals surface area contributed by atoms with E-state index in [1.54, 1.807) is 6.07 Å². The van der Waals surface area contributed by atoms with Crippen LogP contribution in [0, 0.1) is 19.7 Å². The Kier molecular flexibility index (Phi) is 4.78. The van der Waals surface area contributed by atoms with Crippen LogP contribution in [0.15, 0.2) is 72.3 Å². The molecule has 5 nitrogen and oxygen atoms in total. The molecule has 160 valence electrons. The van der Waals surface area contributed by atoms with Crippen molar-refractivity contribution in [2.45, 2.75) is 26.8 Å². The van der Waals surface area contributed by atoms with Gasteiger partial charge in [-0.05, 0) is 62.2 Å². The number of nitrogens with zero attached hydrogens (tertiary/aromatic N) is 2. The second-order valence-corrected chi connectivity index (χ2v) is 8.16. The zero-order chi connectivity index (χ0) is 22.4. The number of anilines is 2. The number of halogens is 1. The summed E-state index contributed by atoms with van der Waals surface area (Å²) in [4.78, 5) is 18.3. The van der Waals surface area contributed by atoms with Gasteiger partial charge >= 0.3 is 0 Å². The van der Waals surface area contributed by atoms with Gasteiger partial charge in [0.1, 0.15) is 5.82 Å². The van der Waals surface area contributed by atoms with E-state index in [2.05, 4.69) is 10.6 Å². The van der Waals surface area contributed by atoms with Gasteiger partial charge in [-0.3, -0.25) is 9.36 Å². The van der Waals surface area contributed by atoms with Crippen molar-refractivity contribution in [3.05, 3.63) is 94.8 Å². The first kappa shape index (κ1) is 20.0. The Morgan fingerprint density at radius 1 is 1.03 bits per heavy atom. The lowest BCUT2D eigenvalue weighted by molar-refractivity contribution is -0.113. The molecule has 2 heterocycles. The number of aromatic nitrogens is 2. The monoisotopic (exact) mass is 426 g/mol. The largest absolute Gasteiger partial charge is 0.344 e. The smallest absolute Gasteiger partial charge is 0.255 e. The van der Waals surface area contributed by atoms with Crippen molar-refractivity contribution in [2.75, 3.05) is 10.6 Å². The van der Waals surface area contributed by atoms with Crippen molar-refractivity contribution in [3.63, 3.8) is 0 Å². The molecule has 1 atom stereocenters. The number of hydrogen-bond donors (Lipinski definition) is 2. The van der Waals surface area contributed by atoms with E-state index in [4.69, 9.17) is 4.98 Å². The number of imidazole rings is 1. The van der Waals surface area contributed by atoms with Crippen LogP contribution in [0.4, 0.5) is 16.0 Å². The molecular weight excluding hydrogens is 403 g/mol. The molecule has 0 aliphatic carbocycles. The fourth-order valence-corrected chi connectivity index (χ4v) is 4.37. The molecule has 1 aliphatic heterocycles. The number of amides is 1. The number of aryl methyl sites for hydroxylation is 2. The minimum Gasteiger partial charge on any atom is -0.344 e. The number of allylic oxidation sites excluding steroid dienone is 1. The highest BCUT2D eigenvalue weighted by Crippen LogP contribution is 2.39. The lowest BCUT2D eigenvalue weighted by Gasteiger charge is -2.30. The van der Waals surface area contributed by atoms with Gasteiger partial charge in [0.2, 0.25) is 5.95 Å². The Labute approximate surface area is 185 Å². The molecule has 32 heavy (non-hydrogen) atoms. The lowest BCUT2D eigenvalue weighted by atomic mass is 9.94. The summed E-state index contributed by atoms with van der Waals surface area (Å²) in [6.07, 6.45) is 0. The standard InChI is InChI=1S/C26H23FN4O/c1-15-11-12-20(16(2)13-15)28-25(32)23-17(3)31-22-10-5-4-9-21(22)29-26(31)30-24(23)18-7-6-8-19(27)14-18/h4-14,24H,1-3H3,(H,28,32)(H,29,30). The minimum absolute atomic E-state index is 0.236. The van der Waals surface area contributed by atoms with Crippen molar-refractivity contribution in [3.8, 4) is 0 Å². The topological polar surface area (TPSA) is 59.0 Å². The van der Waals surface area contributed by atoms with Gasteiger partial charge in [-0.1, -0.05) is 42.0 Å². The van der Waals surface area contributed by atoms with Gasteiger partial charge in [0, 0.05) is 11.4 Å². The fraction of sp³-hybridized carbons (Fsp3) is 0.154. The van der Waals surface area contributed by atoms with Gasteiger partial charge in [0.15, 0.2) is 0 Å². The van der Waals surface area contributed by atoms with Crippen LogP contribution < -0.4 is 10.6 Å². The van der Waals surface area contributed by atoms with E-state index in [1.807, 2.05) is 73.9 Å². The van der Waals surface area contributed by atoms with E-state index in [0.29, 0.717) is 17.1 Å². The van der Waals surface area contributed by atoms with E-state index in [9.17, 15) is 9.18 Å². The van der Waals surface area contributed by atoms with Crippen molar-refractivity contribution >= 4 is 34.3 Å². The summed E-state index contributed by atoms with van der Waals surface area (Å²) in [7, 11) is 0. The van der Waals surface area contributed by atoms with E-state index in [-0.39, 0.29) is 11.7 Å². The maximum atomic E-state index is 14.1. The molecule has 4 aromatic rings. The van der Waals surface area contributed by atoms with E-state index in [0.717, 1.165) is 33.5 Å². The van der Waals surface area contributed by atoms with Gasteiger partial charge in [0.05, 0.1) is 22.6 Å². The third kappa shape index (κ3) is 3.34. The number of rotatable bonds is 3. The van der Waals surface area contributed by atoms with Gasteiger partial charge in [-0.25, -0.2) is 9.37 Å². The van der Waals surface area contributed by atoms with Crippen molar-refractivity contribution in [1.29, 1.82) is 0 Å². The highest BCUT2D eigenvalue weighted by atomic mass is 19.1. The second kappa shape index (κ2) is 7.64. The molecule has 1 unspecified atom stereocenters. The zero-order valence-corrected chi connectivity index (χ0v) is 18.1. The first-order valence-electron chi connectivity index (χ1n) is 10.5. The Morgan fingerprint density at radius 2 is 1.84 bits per heavy atom. The van der Waals surface area contributed by atoms with Crippen LogP contribution in [0.5, 0.6) is 0 Å². The zero-order valence-electron chi connectivity index (χ0n) is 18.1. The fourth-order valence-electron chi connectivity index (χ4n) is 4.37. The van der Waals surface area contributed by atoms with Crippen molar-refractivity contribution in [1.82, 2.24) is 9.55 Å². The average Bonchev–Trinajstić information content (AvgIpc) is 3.14. The number of fused-ring (bicyclic) bond motifs is 3. The van der Waals surface area contributed by atoms with Crippen LogP contribution in [0.3, 0.4) is 0 Å². The predicted octanol–water partition coefficient (Wildman–Crippen LogP) is 5.83. The second-order valence-electron chi connectivity index (χ2n) is 8.16. The van der Waals surface area contributed by atoms with Crippen LogP contribution in [0.1, 0.15) is 29.7 Å². The Hall–Kier alpha value is -3.93. The van der Waals surface area contributed by atoms with Gasteiger partial charge in [0.25, 0.3) is 5.91 Å². The molecule has 0 saturated heterocycles. The third-order valence-electron chi connectivity index (χ3n) is 5.90. The summed E-state index contributed by atoms with van der Waals surface area (Å²) in [5.74, 6) is 0.0378. The molecule has 0 fully saturated rings. The summed E-state index contributed by atoms with van der Waals surface area (Å²) >= 11 is 0. The number of benzene rings is 3. The summed E-state index contributed by atoms with van der Waals surface area (Å²) in [6.45, 7) is 5.89. The van der Waals surface area contributed by atoms with Crippen LogP contribution in [0.25, 0.3) is 16.7 Å². The average molecular weight is 426 g/mol. The number of para-hydroxylation sites is 2. The van der Waals surface area contributed by atoms with E-state index >= 15 is 0 Å². The summed E-state index contributed by atoms with van der Waals surface area (Å²) in [6, 6.07) is 19.5. The molecule has 0 spiro atoms. The normalized spacial score (nSPS) is 15.4. The third-order valence-corrected chi connectivity index (χ3v) is 5.90. The quantitative estimate of drug-likeness (QED) is 0.433. The minimum atomic E-state index is -0.541. The molecule has 0 bridgehead atoms. The van der Waals surface area contributed by atoms with Crippen LogP contribution in [-0.2, 0) is 4.79 Å². The van der Waals surface area contributed by atoms with Gasteiger partial charge in [-0.15, -0.1) is 0 Å². The summed E-state index contributed by atoms with van der Waals surface area (Å²) < 4.78 is 16.0. The van der Waals surface area contributed by atoms with Gasteiger partial charge < -0.3 is 10.6 Å². The number of nitrogens with one attached hydrogen (secondary N) is 2. The maximum absolute atomic E-state index is 14.1. The molecule has 5 rings (SSSR count). The molecule has 0 radical (unpaired) electrons. The number of carbonyl (C=O) groups is 1. The molecule has 6 heteroatoms. The van der Waals surface area contributed by atoms with Crippen molar-refractivity contribution in [2.24, 2.45) is 0 Å². The predicted molar refractivity (Wildman–Crippen MR) is 126 cm³/mol. The molecule has 1 aliphatic rings. The van der Waals surface area contributed by atoms with Gasteiger partial charge in [-0.2, -0.15) is 0 Å². The highest BCUT2D eigenvalue weighted by Gasteiger charge is 2.33. The Bertz CT molecular complexity index is 1400. The summed E-state index contributed by atoms with van der Waals surface area (Å²) in [5, 5.41) is 6.43. The summed E-state index contributed by atoms with van der Waals surface area (Å²) in [5.41, 5.74) is 6.52. The van der Waals surface area contributed by atoms with E-state index < -0.39 is 6.04 Å². The molecular formula is C26H23FN4O. The molecule has 3 aromatic carbocycles. The number of carbonyl (C=O) groups excluding carboxylic acids is 1. The molecule has 1 aromatic heterocycles. The molecule has 1 amide bonds.